The summed E-state index contributed by atoms with van der Waals surface area (Å²) in [6.45, 7) is 3.46. The maximum Gasteiger partial charge on any atom is 0.231 e. The predicted octanol–water partition coefficient (Wildman–Crippen LogP) is 5.55. The molecule has 2 heterocycles. The van der Waals surface area contributed by atoms with Crippen LogP contribution in [0.15, 0.2) is 42.5 Å². The number of unbranched alkanes of at least 4 members (excludes halogenated alkanes) is 3. The largest absolute Gasteiger partial charge is 0.492 e. The van der Waals surface area contributed by atoms with Crippen LogP contribution in [0.5, 0.6) is 17.2 Å². The van der Waals surface area contributed by atoms with E-state index >= 15 is 0 Å². The maximum absolute atomic E-state index is 13.4. The zero-order chi connectivity index (χ0) is 22.9. The van der Waals surface area contributed by atoms with Crippen molar-refractivity contribution in [1.29, 1.82) is 0 Å². The Bertz CT molecular complexity index is 915. The first kappa shape index (κ1) is 23.6. The molecule has 2 aliphatic rings. The van der Waals surface area contributed by atoms with Gasteiger partial charge in [-0.25, -0.2) is 4.39 Å². The molecule has 4 rings (SSSR count). The average molecular weight is 456 g/mol. The Morgan fingerprint density at radius 2 is 1.91 bits per heavy atom. The Hall–Kier alpha value is -2.57. The fourth-order valence-electron chi connectivity index (χ4n) is 4.53. The molecular formula is C27H34FNO4. The summed E-state index contributed by atoms with van der Waals surface area (Å²) in [5, 5.41) is 3.48. The third-order valence-electron chi connectivity index (χ3n) is 6.38. The predicted molar refractivity (Wildman–Crippen MR) is 128 cm³/mol. The first-order valence-corrected chi connectivity index (χ1v) is 11.9. The molecule has 0 radical (unpaired) electrons. The zero-order valence-electron chi connectivity index (χ0n) is 19.4. The summed E-state index contributed by atoms with van der Waals surface area (Å²) >= 11 is 0. The van der Waals surface area contributed by atoms with Gasteiger partial charge in [0.1, 0.15) is 11.6 Å². The molecule has 2 aromatic rings. The van der Waals surface area contributed by atoms with Crippen LogP contribution in [0.4, 0.5) is 4.39 Å². The van der Waals surface area contributed by atoms with Crippen LogP contribution in [-0.4, -0.2) is 40.2 Å². The van der Waals surface area contributed by atoms with Crippen molar-refractivity contribution in [1.82, 2.24) is 5.32 Å². The molecule has 1 N–H and O–H groups in total. The minimum atomic E-state index is -0.198. The monoisotopic (exact) mass is 455 g/mol. The smallest absolute Gasteiger partial charge is 0.231 e. The summed E-state index contributed by atoms with van der Waals surface area (Å²) < 4.78 is 36.1. The van der Waals surface area contributed by atoms with Gasteiger partial charge in [0.2, 0.25) is 6.79 Å². The van der Waals surface area contributed by atoms with Gasteiger partial charge < -0.3 is 24.3 Å². The Labute approximate surface area is 195 Å². The number of halogens is 1. The lowest BCUT2D eigenvalue weighted by Gasteiger charge is -2.32. The highest BCUT2D eigenvalue weighted by molar-refractivity contribution is 5.64. The molecular weight excluding hydrogens is 421 g/mol. The van der Waals surface area contributed by atoms with Gasteiger partial charge in [0.05, 0.1) is 6.61 Å². The van der Waals surface area contributed by atoms with Gasteiger partial charge in [-0.2, -0.15) is 0 Å². The van der Waals surface area contributed by atoms with Crippen molar-refractivity contribution in [2.45, 2.75) is 38.0 Å². The van der Waals surface area contributed by atoms with E-state index in [9.17, 15) is 4.39 Å². The maximum atomic E-state index is 13.4. The summed E-state index contributed by atoms with van der Waals surface area (Å²) in [7, 11) is 1.74. The summed E-state index contributed by atoms with van der Waals surface area (Å²) in [5.74, 6) is 2.72. The number of allylic oxidation sites excluding steroid dienone is 1. The summed E-state index contributed by atoms with van der Waals surface area (Å²) in [4.78, 5) is 0. The third kappa shape index (κ3) is 6.49. The second-order valence-electron chi connectivity index (χ2n) is 8.71. The molecule has 5 nitrogen and oxygen atoms in total. The van der Waals surface area contributed by atoms with E-state index in [1.54, 1.807) is 19.2 Å². The molecule has 6 heteroatoms. The second-order valence-corrected chi connectivity index (χ2v) is 8.71. The molecule has 0 bridgehead atoms. The van der Waals surface area contributed by atoms with Crippen LogP contribution in [0.2, 0.25) is 0 Å². The molecule has 0 amide bonds. The third-order valence-corrected chi connectivity index (χ3v) is 6.38. The first-order chi connectivity index (χ1) is 16.2. The van der Waals surface area contributed by atoms with Crippen molar-refractivity contribution in [3.63, 3.8) is 0 Å². The van der Waals surface area contributed by atoms with E-state index in [2.05, 4.69) is 17.5 Å². The lowest BCUT2D eigenvalue weighted by molar-refractivity contribution is 0.173. The van der Waals surface area contributed by atoms with Crippen molar-refractivity contribution in [3.05, 3.63) is 59.4 Å². The van der Waals surface area contributed by atoms with Crippen LogP contribution < -0.4 is 19.5 Å². The Morgan fingerprint density at radius 3 is 2.73 bits per heavy atom. The fourth-order valence-corrected chi connectivity index (χ4v) is 4.53. The van der Waals surface area contributed by atoms with Crippen LogP contribution in [0.1, 0.15) is 49.1 Å². The zero-order valence-corrected chi connectivity index (χ0v) is 19.4. The van der Waals surface area contributed by atoms with Crippen LogP contribution in [0, 0.1) is 11.7 Å². The van der Waals surface area contributed by atoms with Gasteiger partial charge in [-0.05, 0) is 61.9 Å². The molecule has 178 valence electrons. The average Bonchev–Trinajstić information content (AvgIpc) is 3.30. The van der Waals surface area contributed by atoms with Crippen molar-refractivity contribution in [3.8, 4) is 17.2 Å². The molecule has 1 fully saturated rings. The molecule has 1 saturated heterocycles. The Morgan fingerprint density at radius 1 is 1.09 bits per heavy atom. The minimum absolute atomic E-state index is 0.198. The van der Waals surface area contributed by atoms with Gasteiger partial charge in [0, 0.05) is 37.8 Å². The van der Waals surface area contributed by atoms with Crippen molar-refractivity contribution >= 4 is 6.08 Å². The molecule has 0 spiro atoms. The van der Waals surface area contributed by atoms with Gasteiger partial charge in [0.15, 0.2) is 11.5 Å². The van der Waals surface area contributed by atoms with E-state index in [0.29, 0.717) is 18.4 Å². The van der Waals surface area contributed by atoms with E-state index in [1.165, 1.54) is 5.56 Å². The van der Waals surface area contributed by atoms with E-state index in [0.717, 1.165) is 74.6 Å². The molecule has 2 aromatic carbocycles. The number of hydrogen-bond acceptors (Lipinski definition) is 5. The first-order valence-electron chi connectivity index (χ1n) is 11.9. The van der Waals surface area contributed by atoms with Crippen LogP contribution in [0.3, 0.4) is 0 Å². The molecule has 33 heavy (non-hydrogen) atoms. The lowest BCUT2D eigenvalue weighted by atomic mass is 9.81. The van der Waals surface area contributed by atoms with Gasteiger partial charge in [-0.3, -0.25) is 0 Å². The number of rotatable bonds is 11. The lowest BCUT2D eigenvalue weighted by Crippen LogP contribution is -2.38. The Kier molecular flexibility index (Phi) is 8.61. The normalized spacial score (nSPS) is 19.8. The number of nitrogens with one attached hydrogen (secondary N) is 1. The van der Waals surface area contributed by atoms with Gasteiger partial charge in [0.25, 0.3) is 0 Å². The molecule has 0 aliphatic carbocycles. The van der Waals surface area contributed by atoms with Crippen molar-refractivity contribution < 1.29 is 23.3 Å². The van der Waals surface area contributed by atoms with Crippen LogP contribution in [-0.2, 0) is 4.74 Å². The van der Waals surface area contributed by atoms with E-state index in [-0.39, 0.29) is 12.6 Å². The second kappa shape index (κ2) is 12.1. The van der Waals surface area contributed by atoms with E-state index in [4.69, 9.17) is 18.9 Å². The fraction of sp³-hybridized carbons (Fsp3) is 0.481. The number of fused-ring (bicyclic) bond motifs is 1. The molecule has 2 aliphatic heterocycles. The number of methoxy groups -OCH3 is 1. The Balaban J connectivity index is 1.42. The van der Waals surface area contributed by atoms with Crippen molar-refractivity contribution in [2.24, 2.45) is 5.92 Å². The minimum Gasteiger partial charge on any atom is -0.492 e. The summed E-state index contributed by atoms with van der Waals surface area (Å²) in [6.07, 6.45) is 9.71. The van der Waals surface area contributed by atoms with Crippen molar-refractivity contribution in [2.75, 3.05) is 40.2 Å². The molecule has 0 unspecified atom stereocenters. The highest BCUT2D eigenvalue weighted by Gasteiger charge is 2.27. The van der Waals surface area contributed by atoms with E-state index < -0.39 is 0 Å². The number of hydrogen-bond donors (Lipinski definition) is 1. The standard InChI is InChI=1S/C27H34FNO4/c1-30-14-6-4-2-3-5-7-21-15-26-27(33-19-32-26)16-25(21)31-18-22-17-29-13-12-24(22)20-8-10-23(28)11-9-20/h5,7-11,15-16,22,24,29H,2-4,6,12-14,17-19H2,1H3/t22-,24-/m0/s1. The van der Waals surface area contributed by atoms with Crippen LogP contribution >= 0.6 is 0 Å². The summed E-state index contributed by atoms with van der Waals surface area (Å²) in [5.41, 5.74) is 2.17. The van der Waals surface area contributed by atoms with Gasteiger partial charge >= 0.3 is 0 Å². The van der Waals surface area contributed by atoms with Crippen LogP contribution in [0.25, 0.3) is 6.08 Å². The van der Waals surface area contributed by atoms with E-state index in [1.807, 2.05) is 24.3 Å². The summed E-state index contributed by atoms with van der Waals surface area (Å²) in [6, 6.07) is 10.8. The van der Waals surface area contributed by atoms with Gasteiger partial charge in [-0.1, -0.05) is 30.7 Å². The topological polar surface area (TPSA) is 49.0 Å². The number of benzene rings is 2. The highest BCUT2D eigenvalue weighted by atomic mass is 19.1. The highest BCUT2D eigenvalue weighted by Crippen LogP contribution is 2.39. The number of piperidine rings is 1. The molecule has 2 atom stereocenters. The molecule has 0 saturated carbocycles. The van der Waals surface area contributed by atoms with Gasteiger partial charge in [-0.15, -0.1) is 0 Å². The SMILES string of the molecule is COCCCCCC=Cc1cc2c(cc1OC[C@@H]1CNCC[C@H]1c1ccc(F)cc1)OCO2. The molecule has 0 aromatic heterocycles. The quantitative estimate of drug-likeness (QED) is 0.451. The number of ether oxygens (including phenoxy) is 4.